The molecule has 5 heteroatoms. The normalized spacial score (nSPS) is 18.9. The molecule has 1 aromatic heterocycles. The molecule has 21 heavy (non-hydrogen) atoms. The number of alkyl halides is 2. The summed E-state index contributed by atoms with van der Waals surface area (Å²) in [7, 11) is -1.41. The van der Waals surface area contributed by atoms with Crippen molar-refractivity contribution in [2.75, 3.05) is 13.1 Å². The highest BCUT2D eigenvalue weighted by Crippen LogP contribution is 2.28. The molecule has 1 saturated heterocycles. The first-order valence-electron chi connectivity index (χ1n) is 7.33. The largest absolute Gasteiger partial charge is 0.297 e. The van der Waals surface area contributed by atoms with E-state index in [2.05, 4.69) is 36.1 Å². The zero-order valence-electron chi connectivity index (χ0n) is 12.9. The highest BCUT2D eigenvalue weighted by atomic mass is 28.3. The van der Waals surface area contributed by atoms with Crippen LogP contribution in [0.1, 0.15) is 24.2 Å². The van der Waals surface area contributed by atoms with Crippen molar-refractivity contribution >= 4 is 8.07 Å². The summed E-state index contributed by atoms with van der Waals surface area (Å²) in [6.45, 7) is 8.06. The van der Waals surface area contributed by atoms with Crippen LogP contribution in [0, 0.1) is 11.5 Å². The Kier molecular flexibility index (Phi) is 4.80. The van der Waals surface area contributed by atoms with Crippen molar-refractivity contribution in [1.29, 1.82) is 0 Å². The van der Waals surface area contributed by atoms with Gasteiger partial charge in [-0.3, -0.25) is 4.90 Å². The van der Waals surface area contributed by atoms with Gasteiger partial charge in [-0.2, -0.15) is 0 Å². The van der Waals surface area contributed by atoms with Gasteiger partial charge < -0.3 is 0 Å². The van der Waals surface area contributed by atoms with Crippen LogP contribution in [-0.4, -0.2) is 37.0 Å². The molecule has 2 nitrogen and oxygen atoms in total. The molecule has 1 fully saturated rings. The van der Waals surface area contributed by atoms with Crippen LogP contribution in [0.25, 0.3) is 0 Å². The van der Waals surface area contributed by atoms with Crippen molar-refractivity contribution in [2.45, 2.75) is 44.9 Å². The lowest BCUT2D eigenvalue weighted by Gasteiger charge is -2.31. The van der Waals surface area contributed by atoms with Crippen LogP contribution in [-0.2, 0) is 6.54 Å². The zero-order chi connectivity index (χ0) is 15.5. The summed E-state index contributed by atoms with van der Waals surface area (Å²) in [5, 5.41) is 0. The fourth-order valence-electron chi connectivity index (χ4n) is 2.16. The molecule has 0 aromatic carbocycles. The Balaban J connectivity index is 2.00. The second-order valence-corrected chi connectivity index (χ2v) is 11.4. The van der Waals surface area contributed by atoms with Gasteiger partial charge in [0.25, 0.3) is 5.92 Å². The van der Waals surface area contributed by atoms with E-state index in [4.69, 9.17) is 0 Å². The van der Waals surface area contributed by atoms with Crippen LogP contribution < -0.4 is 0 Å². The summed E-state index contributed by atoms with van der Waals surface area (Å²) in [5.41, 5.74) is 4.97. The number of likely N-dealkylation sites (tertiary alicyclic amines) is 1. The van der Waals surface area contributed by atoms with Gasteiger partial charge in [0.1, 0.15) is 13.8 Å². The lowest BCUT2D eigenvalue weighted by Crippen LogP contribution is -2.39. The third kappa shape index (κ3) is 5.56. The predicted octanol–water partition coefficient (Wildman–Crippen LogP) is 3.54. The standard InChI is InChI=1S/C16H22F2N2Si/c1-21(2,3)12-7-14-5-4-6-15(19-14)13-20-10-8-16(17,18)9-11-20/h4-6H,8-11,13H2,1-3H3. The number of piperidine rings is 1. The molecule has 1 aromatic rings. The average molecular weight is 308 g/mol. The first-order chi connectivity index (χ1) is 9.73. The Labute approximate surface area is 126 Å². The molecule has 0 N–H and O–H groups in total. The van der Waals surface area contributed by atoms with E-state index in [1.807, 2.05) is 23.1 Å². The van der Waals surface area contributed by atoms with Crippen molar-refractivity contribution in [2.24, 2.45) is 0 Å². The summed E-state index contributed by atoms with van der Waals surface area (Å²) in [6, 6.07) is 5.78. The van der Waals surface area contributed by atoms with E-state index in [9.17, 15) is 8.78 Å². The van der Waals surface area contributed by atoms with Crippen molar-refractivity contribution in [1.82, 2.24) is 9.88 Å². The third-order valence-electron chi connectivity index (χ3n) is 3.35. The Morgan fingerprint density at radius 1 is 1.24 bits per heavy atom. The molecule has 0 unspecified atom stereocenters. The van der Waals surface area contributed by atoms with Gasteiger partial charge in [0.2, 0.25) is 0 Å². The minimum absolute atomic E-state index is 0.0535. The van der Waals surface area contributed by atoms with Gasteiger partial charge in [-0.1, -0.05) is 31.6 Å². The van der Waals surface area contributed by atoms with Gasteiger partial charge in [-0.25, -0.2) is 13.8 Å². The number of aromatic nitrogens is 1. The Morgan fingerprint density at radius 3 is 2.52 bits per heavy atom. The van der Waals surface area contributed by atoms with Gasteiger partial charge in [0.15, 0.2) is 0 Å². The summed E-state index contributed by atoms with van der Waals surface area (Å²) in [4.78, 5) is 6.56. The molecule has 2 rings (SSSR count). The van der Waals surface area contributed by atoms with E-state index in [1.54, 1.807) is 0 Å². The lowest BCUT2D eigenvalue weighted by atomic mass is 10.1. The maximum atomic E-state index is 13.1. The number of pyridine rings is 1. The van der Waals surface area contributed by atoms with Gasteiger partial charge in [-0.15, -0.1) is 5.54 Å². The maximum Gasteiger partial charge on any atom is 0.250 e. The van der Waals surface area contributed by atoms with Crippen molar-refractivity contribution < 1.29 is 8.78 Å². The minimum Gasteiger partial charge on any atom is -0.297 e. The van der Waals surface area contributed by atoms with Crippen molar-refractivity contribution in [3.05, 3.63) is 29.6 Å². The SMILES string of the molecule is C[Si](C)(C)C#Cc1cccc(CN2CCC(F)(F)CC2)n1. The molecule has 2 heterocycles. The number of rotatable bonds is 2. The van der Waals surface area contributed by atoms with Gasteiger partial charge >= 0.3 is 0 Å². The molecule has 0 saturated carbocycles. The minimum atomic E-state index is -2.49. The second kappa shape index (κ2) is 6.25. The highest BCUT2D eigenvalue weighted by molar-refractivity contribution is 6.83. The Bertz CT molecular complexity index is 545. The zero-order valence-corrected chi connectivity index (χ0v) is 13.9. The fraction of sp³-hybridized carbons (Fsp3) is 0.562. The van der Waals surface area contributed by atoms with Crippen LogP contribution in [0.5, 0.6) is 0 Å². The summed E-state index contributed by atoms with van der Waals surface area (Å²) < 4.78 is 26.3. The summed E-state index contributed by atoms with van der Waals surface area (Å²) >= 11 is 0. The molecular weight excluding hydrogens is 286 g/mol. The Hall–Kier alpha value is -1.25. The lowest BCUT2D eigenvalue weighted by molar-refractivity contribution is -0.0568. The molecule has 0 bridgehead atoms. The predicted molar refractivity (Wildman–Crippen MR) is 83.9 cm³/mol. The molecular formula is C16H22F2N2Si. The third-order valence-corrected chi connectivity index (χ3v) is 4.22. The van der Waals surface area contributed by atoms with Gasteiger partial charge in [0.05, 0.1) is 5.69 Å². The molecule has 0 aliphatic carbocycles. The van der Waals surface area contributed by atoms with E-state index < -0.39 is 14.0 Å². The number of hydrogen-bond donors (Lipinski definition) is 0. The van der Waals surface area contributed by atoms with Crippen LogP contribution in [0.15, 0.2) is 18.2 Å². The Morgan fingerprint density at radius 2 is 1.90 bits per heavy atom. The van der Waals surface area contributed by atoms with Crippen LogP contribution in [0.3, 0.4) is 0 Å². The monoisotopic (exact) mass is 308 g/mol. The molecule has 1 aliphatic rings. The summed E-state index contributed by atoms with van der Waals surface area (Å²) in [6.07, 6.45) is -0.107. The van der Waals surface area contributed by atoms with E-state index in [-0.39, 0.29) is 12.8 Å². The van der Waals surface area contributed by atoms with Crippen molar-refractivity contribution in [3.8, 4) is 11.5 Å². The topological polar surface area (TPSA) is 16.1 Å². The van der Waals surface area contributed by atoms with E-state index in [1.165, 1.54) is 0 Å². The van der Waals surface area contributed by atoms with E-state index in [0.717, 1.165) is 11.4 Å². The quantitative estimate of drug-likeness (QED) is 0.613. The van der Waals surface area contributed by atoms with E-state index in [0.29, 0.717) is 19.6 Å². The number of hydrogen-bond acceptors (Lipinski definition) is 2. The van der Waals surface area contributed by atoms with E-state index >= 15 is 0 Å². The smallest absolute Gasteiger partial charge is 0.250 e. The summed E-state index contributed by atoms with van der Waals surface area (Å²) in [5.74, 6) is 0.646. The van der Waals surface area contributed by atoms with Gasteiger partial charge in [-0.05, 0) is 12.1 Å². The molecule has 0 radical (unpaired) electrons. The molecule has 0 amide bonds. The van der Waals surface area contributed by atoms with Crippen LogP contribution in [0.2, 0.25) is 19.6 Å². The molecule has 1 aliphatic heterocycles. The number of nitrogens with zero attached hydrogens (tertiary/aromatic N) is 2. The van der Waals surface area contributed by atoms with Crippen molar-refractivity contribution in [3.63, 3.8) is 0 Å². The van der Waals surface area contributed by atoms with Crippen LogP contribution in [0.4, 0.5) is 8.78 Å². The second-order valence-electron chi connectivity index (χ2n) is 6.65. The van der Waals surface area contributed by atoms with Gasteiger partial charge in [0, 0.05) is 32.5 Å². The molecule has 114 valence electrons. The first-order valence-corrected chi connectivity index (χ1v) is 10.8. The first kappa shape index (κ1) is 16.1. The number of halogens is 2. The maximum absolute atomic E-state index is 13.1. The molecule has 0 atom stereocenters. The molecule has 0 spiro atoms. The highest BCUT2D eigenvalue weighted by Gasteiger charge is 2.33. The van der Waals surface area contributed by atoms with Crippen LogP contribution >= 0.6 is 0 Å². The average Bonchev–Trinajstić information content (AvgIpc) is 2.39. The fourth-order valence-corrected chi connectivity index (χ4v) is 2.66.